The van der Waals surface area contributed by atoms with Crippen molar-refractivity contribution in [2.75, 3.05) is 78.6 Å². The summed E-state index contributed by atoms with van der Waals surface area (Å²) in [5.74, 6) is 0.631. The average Bonchev–Trinajstić information content (AvgIpc) is 3.33. The Balaban J connectivity index is 2.71. The first-order valence-electron chi connectivity index (χ1n) is 29.5. The minimum atomic E-state index is -0.0760. The number of hydrogen-bond donors (Lipinski definition) is 0. The van der Waals surface area contributed by atoms with Crippen LogP contribution in [0.25, 0.3) is 0 Å². The Kier molecular flexibility index (Phi) is 44.7. The number of nitrogens with zero attached hydrogens (tertiary/aromatic N) is 4. The van der Waals surface area contributed by atoms with Crippen molar-refractivity contribution in [3.05, 3.63) is 0 Å². The molecule has 0 spiro atoms. The summed E-state index contributed by atoms with van der Waals surface area (Å²) in [5.41, 5.74) is 0. The zero-order valence-corrected chi connectivity index (χ0v) is 45.1. The van der Waals surface area contributed by atoms with Crippen LogP contribution in [0.5, 0.6) is 0 Å². The molecule has 390 valence electrons. The number of ketones is 1. The fourth-order valence-electron chi connectivity index (χ4n) is 9.86. The summed E-state index contributed by atoms with van der Waals surface area (Å²) in [5, 5.41) is 0. The van der Waals surface area contributed by atoms with Gasteiger partial charge in [-0.1, -0.05) is 202 Å². The summed E-state index contributed by atoms with van der Waals surface area (Å²) in [7, 11) is 0. The molecule has 0 unspecified atom stereocenters. The van der Waals surface area contributed by atoms with Gasteiger partial charge < -0.3 is 24.3 Å². The minimum absolute atomic E-state index is 0.0611. The predicted molar refractivity (Wildman–Crippen MR) is 285 cm³/mol. The Morgan fingerprint density at radius 3 is 1.14 bits per heavy atom. The van der Waals surface area contributed by atoms with Crippen LogP contribution in [0, 0.1) is 5.92 Å². The molecule has 1 saturated heterocycles. The van der Waals surface area contributed by atoms with E-state index < -0.39 is 0 Å². The highest BCUT2D eigenvalue weighted by atomic mass is 16.5. The summed E-state index contributed by atoms with van der Waals surface area (Å²) in [6.07, 6.45) is 44.3. The van der Waals surface area contributed by atoms with Crippen LogP contribution in [-0.4, -0.2) is 116 Å². The number of carbonyl (C=O) groups excluding carboxylic acids is 3. The Bertz CT molecular complexity index is 1060. The number of unbranched alkanes of at least 4 members (excludes halogenated alkanes) is 26. The van der Waals surface area contributed by atoms with Gasteiger partial charge in [0.15, 0.2) is 0 Å². The number of amides is 1. The zero-order valence-electron chi connectivity index (χ0n) is 45.1. The van der Waals surface area contributed by atoms with Crippen LogP contribution in [0.15, 0.2) is 0 Å². The molecule has 0 aromatic carbocycles. The van der Waals surface area contributed by atoms with Crippen LogP contribution in [0.3, 0.4) is 0 Å². The van der Waals surface area contributed by atoms with E-state index in [0.29, 0.717) is 44.7 Å². The number of likely N-dealkylation sites (tertiary alicyclic amines) is 1. The molecule has 8 nitrogen and oxygen atoms in total. The molecule has 0 saturated carbocycles. The minimum Gasteiger partial charge on any atom is -0.466 e. The highest BCUT2D eigenvalue weighted by Crippen LogP contribution is 2.21. The van der Waals surface area contributed by atoms with Crippen LogP contribution in [0.4, 0.5) is 0 Å². The lowest BCUT2D eigenvalue weighted by Gasteiger charge is -2.33. The maximum absolute atomic E-state index is 13.7. The van der Waals surface area contributed by atoms with Gasteiger partial charge in [0.1, 0.15) is 5.78 Å². The number of hydrogen-bond acceptors (Lipinski definition) is 7. The Labute approximate surface area is 411 Å². The van der Waals surface area contributed by atoms with E-state index in [2.05, 4.69) is 54.2 Å². The van der Waals surface area contributed by atoms with E-state index in [1.165, 1.54) is 186 Å². The van der Waals surface area contributed by atoms with Crippen molar-refractivity contribution < 1.29 is 19.1 Å². The van der Waals surface area contributed by atoms with Crippen molar-refractivity contribution in [3.63, 3.8) is 0 Å². The van der Waals surface area contributed by atoms with Crippen LogP contribution < -0.4 is 0 Å². The van der Waals surface area contributed by atoms with Crippen molar-refractivity contribution in [1.82, 2.24) is 19.6 Å². The fraction of sp³-hybridized carbons (Fsp3) is 0.948. The first-order valence-corrected chi connectivity index (χ1v) is 29.5. The van der Waals surface area contributed by atoms with Crippen LogP contribution in [0.1, 0.15) is 272 Å². The van der Waals surface area contributed by atoms with Crippen LogP contribution in [0.2, 0.25) is 0 Å². The molecular formula is C58H114N4O4. The fourth-order valence-corrected chi connectivity index (χ4v) is 9.86. The standard InChI is InChI=1S/C58H114N4O4/c1-6-11-16-20-24-28-33-43-59(47-37-54-66-58(65)38-32-15-10-5)48-41-56(63)55-39-50-62(51-40-55)57(64)42-49-61(46-36-31-27-23-19-14-9-4)53-52-60(44-34-29-25-21-17-12-7-2)45-35-30-26-22-18-13-8-3/h55H,6-54H2,1-5H3. The Morgan fingerprint density at radius 2 is 0.712 bits per heavy atom. The van der Waals surface area contributed by atoms with Crippen molar-refractivity contribution in [1.29, 1.82) is 0 Å². The number of piperidine rings is 1. The SMILES string of the molecule is CCCCCCCCCN(CCCOC(=O)CCCCC)CCC(=O)C1CCN(C(=O)CCN(CCCCCCCCC)CCN(CCCCCCCCC)CCCCCCCCC)CC1. The quantitative estimate of drug-likeness (QED) is 0.0444. The van der Waals surface area contributed by atoms with Gasteiger partial charge in [-0.2, -0.15) is 0 Å². The second kappa shape index (κ2) is 47.2. The third-order valence-corrected chi connectivity index (χ3v) is 14.5. The summed E-state index contributed by atoms with van der Waals surface area (Å²) in [4.78, 5) is 49.4. The van der Waals surface area contributed by atoms with Gasteiger partial charge in [0.05, 0.1) is 6.61 Å². The summed E-state index contributed by atoms with van der Waals surface area (Å²) >= 11 is 0. The van der Waals surface area contributed by atoms with E-state index in [0.717, 1.165) is 90.8 Å². The molecule has 8 heteroatoms. The molecule has 66 heavy (non-hydrogen) atoms. The summed E-state index contributed by atoms with van der Waals surface area (Å²) < 4.78 is 5.54. The van der Waals surface area contributed by atoms with E-state index in [1.54, 1.807) is 0 Å². The van der Waals surface area contributed by atoms with Crippen molar-refractivity contribution >= 4 is 17.7 Å². The van der Waals surface area contributed by atoms with Gasteiger partial charge in [-0.25, -0.2) is 0 Å². The number of ether oxygens (including phenoxy) is 1. The number of Topliss-reactive ketones (excluding diaryl/α,β-unsaturated/α-hetero) is 1. The average molecular weight is 932 g/mol. The molecule has 0 aliphatic carbocycles. The molecule has 0 N–H and O–H groups in total. The van der Waals surface area contributed by atoms with Crippen LogP contribution >= 0.6 is 0 Å². The molecule has 0 atom stereocenters. The van der Waals surface area contributed by atoms with E-state index in [1.807, 2.05) is 0 Å². The third kappa shape index (κ3) is 37.4. The smallest absolute Gasteiger partial charge is 0.305 e. The van der Waals surface area contributed by atoms with Crippen molar-refractivity contribution in [2.45, 2.75) is 272 Å². The van der Waals surface area contributed by atoms with E-state index in [9.17, 15) is 14.4 Å². The van der Waals surface area contributed by atoms with Gasteiger partial charge in [-0.15, -0.1) is 0 Å². The summed E-state index contributed by atoms with van der Waals surface area (Å²) in [6, 6.07) is 0. The van der Waals surface area contributed by atoms with E-state index in [-0.39, 0.29) is 17.8 Å². The van der Waals surface area contributed by atoms with Gasteiger partial charge >= 0.3 is 5.97 Å². The van der Waals surface area contributed by atoms with Crippen molar-refractivity contribution in [2.24, 2.45) is 5.92 Å². The van der Waals surface area contributed by atoms with E-state index in [4.69, 9.17) is 4.74 Å². The molecule has 1 rings (SSSR count). The first-order chi connectivity index (χ1) is 32.4. The van der Waals surface area contributed by atoms with Crippen molar-refractivity contribution in [3.8, 4) is 0 Å². The van der Waals surface area contributed by atoms with E-state index >= 15 is 0 Å². The largest absolute Gasteiger partial charge is 0.466 e. The molecule has 1 aliphatic heterocycles. The third-order valence-electron chi connectivity index (χ3n) is 14.5. The topological polar surface area (TPSA) is 73.4 Å². The zero-order chi connectivity index (χ0) is 48.0. The molecular weight excluding hydrogens is 817 g/mol. The molecule has 1 aliphatic rings. The molecule has 0 bridgehead atoms. The molecule has 1 fully saturated rings. The lowest BCUT2D eigenvalue weighted by Crippen LogP contribution is -2.43. The van der Waals surface area contributed by atoms with Gasteiger partial charge in [0.25, 0.3) is 0 Å². The Hall–Kier alpha value is -1.51. The van der Waals surface area contributed by atoms with Gasteiger partial charge in [-0.3, -0.25) is 14.4 Å². The second-order valence-electron chi connectivity index (χ2n) is 20.7. The summed E-state index contributed by atoms with van der Waals surface area (Å²) in [6.45, 7) is 22.4. The number of esters is 1. The first kappa shape index (κ1) is 62.5. The maximum atomic E-state index is 13.7. The number of rotatable bonds is 50. The lowest BCUT2D eigenvalue weighted by atomic mass is 9.90. The highest BCUT2D eigenvalue weighted by Gasteiger charge is 2.27. The molecule has 1 heterocycles. The number of carbonyl (C=O) groups is 3. The molecule has 1 amide bonds. The Morgan fingerprint density at radius 1 is 0.379 bits per heavy atom. The van der Waals surface area contributed by atoms with Crippen LogP contribution in [-0.2, 0) is 19.1 Å². The van der Waals surface area contributed by atoms with Gasteiger partial charge in [0, 0.05) is 71.0 Å². The van der Waals surface area contributed by atoms with Gasteiger partial charge in [0.2, 0.25) is 5.91 Å². The second-order valence-corrected chi connectivity index (χ2v) is 20.7. The lowest BCUT2D eigenvalue weighted by molar-refractivity contribution is -0.144. The monoisotopic (exact) mass is 931 g/mol. The molecule has 0 radical (unpaired) electrons. The normalized spacial score (nSPS) is 13.5. The highest BCUT2D eigenvalue weighted by molar-refractivity contribution is 5.82. The maximum Gasteiger partial charge on any atom is 0.305 e. The molecule has 0 aromatic rings. The predicted octanol–water partition coefficient (Wildman–Crippen LogP) is 15.0. The molecule has 0 aromatic heterocycles. The van der Waals surface area contributed by atoms with Gasteiger partial charge in [-0.05, 0) is 77.5 Å².